The van der Waals surface area contributed by atoms with Crippen molar-refractivity contribution in [2.24, 2.45) is 0 Å². The Kier molecular flexibility index (Phi) is 6.92. The maximum Gasteiger partial charge on any atom is 0.335 e. The molecule has 0 spiro atoms. The highest BCUT2D eigenvalue weighted by Gasteiger charge is 2.19. The number of carbonyl (C=O) groups is 3. The van der Waals surface area contributed by atoms with Crippen LogP contribution in [0.25, 0.3) is 0 Å². The van der Waals surface area contributed by atoms with Crippen molar-refractivity contribution in [3.8, 4) is 0 Å². The fourth-order valence-corrected chi connectivity index (χ4v) is 3.70. The van der Waals surface area contributed by atoms with Gasteiger partial charge in [-0.15, -0.1) is 11.8 Å². The van der Waals surface area contributed by atoms with E-state index in [0.29, 0.717) is 17.8 Å². The first-order valence-electron chi connectivity index (χ1n) is 9.22. The van der Waals surface area contributed by atoms with E-state index in [4.69, 9.17) is 9.52 Å². The Morgan fingerprint density at radius 3 is 2.40 bits per heavy atom. The molecule has 1 heterocycles. The predicted molar refractivity (Wildman–Crippen MR) is 115 cm³/mol. The fourth-order valence-electron chi connectivity index (χ4n) is 2.69. The molecule has 1 atom stereocenters. The lowest BCUT2D eigenvalue weighted by molar-refractivity contribution is -0.115. The van der Waals surface area contributed by atoms with Crippen molar-refractivity contribution in [3.05, 3.63) is 78.3 Å². The molecule has 7 nitrogen and oxygen atoms in total. The minimum Gasteiger partial charge on any atom is -0.478 e. The summed E-state index contributed by atoms with van der Waals surface area (Å²) in [6, 6.07) is 16.5. The van der Waals surface area contributed by atoms with Crippen LogP contribution >= 0.6 is 11.8 Å². The molecule has 1 unspecified atom stereocenters. The van der Waals surface area contributed by atoms with Gasteiger partial charge in [-0.25, -0.2) is 4.79 Å². The lowest BCUT2D eigenvalue weighted by Gasteiger charge is -2.15. The number of carbonyl (C=O) groups excluding carboxylic acids is 2. The number of benzene rings is 2. The van der Waals surface area contributed by atoms with Gasteiger partial charge in [0.2, 0.25) is 5.91 Å². The zero-order valence-electron chi connectivity index (χ0n) is 16.1. The number of nitrogens with one attached hydrogen (secondary N) is 2. The highest BCUT2D eigenvalue weighted by molar-refractivity contribution is 8.00. The van der Waals surface area contributed by atoms with E-state index in [1.165, 1.54) is 30.2 Å². The first-order valence-corrected chi connectivity index (χ1v) is 10.1. The molecular formula is C22H20N2O5S. The van der Waals surface area contributed by atoms with Crippen LogP contribution < -0.4 is 10.6 Å². The van der Waals surface area contributed by atoms with Gasteiger partial charge in [0.25, 0.3) is 5.91 Å². The van der Waals surface area contributed by atoms with Gasteiger partial charge in [-0.1, -0.05) is 19.1 Å². The van der Waals surface area contributed by atoms with E-state index < -0.39 is 11.2 Å². The molecule has 0 aliphatic rings. The summed E-state index contributed by atoms with van der Waals surface area (Å²) in [6.45, 7) is 1.90. The third-order valence-electron chi connectivity index (χ3n) is 4.16. The zero-order chi connectivity index (χ0) is 21.5. The lowest BCUT2D eigenvalue weighted by Crippen LogP contribution is -2.24. The molecule has 30 heavy (non-hydrogen) atoms. The number of hydrogen-bond acceptors (Lipinski definition) is 5. The van der Waals surface area contributed by atoms with Gasteiger partial charge in [-0.3, -0.25) is 9.59 Å². The quantitative estimate of drug-likeness (QED) is 0.451. The number of carboxylic acids is 1. The van der Waals surface area contributed by atoms with Crippen molar-refractivity contribution in [2.75, 3.05) is 10.6 Å². The van der Waals surface area contributed by atoms with Crippen molar-refractivity contribution in [2.45, 2.75) is 23.5 Å². The van der Waals surface area contributed by atoms with E-state index in [1.54, 1.807) is 42.5 Å². The normalized spacial score (nSPS) is 11.5. The van der Waals surface area contributed by atoms with Gasteiger partial charge < -0.3 is 20.2 Å². The van der Waals surface area contributed by atoms with Crippen molar-refractivity contribution in [1.82, 2.24) is 0 Å². The summed E-state index contributed by atoms with van der Waals surface area (Å²) in [7, 11) is 0. The highest BCUT2D eigenvalue weighted by Crippen LogP contribution is 2.29. The summed E-state index contributed by atoms with van der Waals surface area (Å²) in [4.78, 5) is 36.7. The smallest absolute Gasteiger partial charge is 0.335 e. The van der Waals surface area contributed by atoms with E-state index in [2.05, 4.69) is 10.6 Å². The van der Waals surface area contributed by atoms with Gasteiger partial charge in [0, 0.05) is 16.3 Å². The Morgan fingerprint density at radius 2 is 1.73 bits per heavy atom. The Hall–Kier alpha value is -3.52. The second-order valence-corrected chi connectivity index (χ2v) is 7.63. The topological polar surface area (TPSA) is 109 Å². The monoisotopic (exact) mass is 424 g/mol. The zero-order valence-corrected chi connectivity index (χ0v) is 16.9. The van der Waals surface area contributed by atoms with E-state index >= 15 is 0 Å². The van der Waals surface area contributed by atoms with E-state index in [9.17, 15) is 14.4 Å². The largest absolute Gasteiger partial charge is 0.478 e. The van der Waals surface area contributed by atoms with Gasteiger partial charge in [0.15, 0.2) is 5.76 Å². The molecule has 3 aromatic rings. The first kappa shape index (κ1) is 21.2. The summed E-state index contributed by atoms with van der Waals surface area (Å²) < 4.78 is 5.08. The van der Waals surface area contributed by atoms with Crippen LogP contribution in [0.5, 0.6) is 0 Å². The maximum absolute atomic E-state index is 12.7. The molecule has 3 N–H and O–H groups in total. The number of carboxylic acid groups (broad SMARTS) is 1. The van der Waals surface area contributed by atoms with Crippen LogP contribution in [-0.4, -0.2) is 28.1 Å². The highest BCUT2D eigenvalue weighted by atomic mass is 32.2. The average Bonchev–Trinajstić information content (AvgIpc) is 3.27. The molecule has 0 radical (unpaired) electrons. The molecule has 1 aromatic heterocycles. The number of hydrogen-bond donors (Lipinski definition) is 3. The second-order valence-electron chi connectivity index (χ2n) is 6.35. The van der Waals surface area contributed by atoms with Crippen LogP contribution in [0.3, 0.4) is 0 Å². The molecule has 8 heteroatoms. The van der Waals surface area contributed by atoms with E-state index in [-0.39, 0.29) is 23.1 Å². The lowest BCUT2D eigenvalue weighted by atomic mass is 10.2. The Balaban J connectivity index is 1.66. The number of aromatic carboxylic acids is 1. The third kappa shape index (κ3) is 5.51. The van der Waals surface area contributed by atoms with Gasteiger partial charge in [0.05, 0.1) is 17.1 Å². The number of rotatable bonds is 8. The molecule has 3 rings (SSSR count). The van der Waals surface area contributed by atoms with Crippen LogP contribution in [0.2, 0.25) is 0 Å². The second kappa shape index (κ2) is 9.80. The minimum absolute atomic E-state index is 0.105. The summed E-state index contributed by atoms with van der Waals surface area (Å²) in [5.41, 5.74) is 1.12. The molecule has 2 amide bonds. The summed E-state index contributed by atoms with van der Waals surface area (Å²) in [6.07, 6.45) is 2.00. The summed E-state index contributed by atoms with van der Waals surface area (Å²) in [5, 5.41) is 14.2. The number of amides is 2. The van der Waals surface area contributed by atoms with Gasteiger partial charge in [-0.2, -0.15) is 0 Å². The first-order chi connectivity index (χ1) is 14.5. The predicted octanol–water partition coefficient (Wildman–Crippen LogP) is 4.74. The minimum atomic E-state index is -1.05. The molecule has 0 aliphatic heterocycles. The third-order valence-corrected chi connectivity index (χ3v) is 5.51. The van der Waals surface area contributed by atoms with Gasteiger partial charge in [-0.05, 0) is 55.0 Å². The molecule has 0 bridgehead atoms. The van der Waals surface area contributed by atoms with Crippen molar-refractivity contribution in [3.63, 3.8) is 0 Å². The van der Waals surface area contributed by atoms with Gasteiger partial charge in [0.1, 0.15) is 0 Å². The SMILES string of the molecule is CCC(Sc1cccc(NC(=O)c2ccco2)c1)C(=O)Nc1cccc(C(=O)O)c1. The molecule has 2 aromatic carbocycles. The van der Waals surface area contributed by atoms with Crippen LogP contribution in [-0.2, 0) is 4.79 Å². The maximum atomic E-state index is 12.7. The number of furan rings is 1. The summed E-state index contributed by atoms with van der Waals surface area (Å²) in [5.74, 6) is -1.43. The van der Waals surface area contributed by atoms with Gasteiger partial charge >= 0.3 is 5.97 Å². The Morgan fingerprint density at radius 1 is 1.00 bits per heavy atom. The standard InChI is InChI=1S/C22H20N2O5S/c1-2-19(21(26)24-15-7-3-6-14(12-15)22(27)28)30-17-9-4-8-16(13-17)23-20(25)18-10-5-11-29-18/h3-13,19H,2H2,1H3,(H,23,25)(H,24,26)(H,27,28). The molecular weight excluding hydrogens is 404 g/mol. The number of anilines is 2. The molecule has 0 saturated carbocycles. The summed E-state index contributed by atoms with van der Waals surface area (Å²) >= 11 is 1.36. The molecule has 154 valence electrons. The van der Waals surface area contributed by atoms with Crippen molar-refractivity contribution >= 4 is 40.9 Å². The van der Waals surface area contributed by atoms with Crippen molar-refractivity contribution in [1.29, 1.82) is 0 Å². The fraction of sp³-hybridized carbons (Fsp3) is 0.136. The van der Waals surface area contributed by atoms with Crippen molar-refractivity contribution < 1.29 is 23.9 Å². The molecule has 0 aliphatic carbocycles. The van der Waals surface area contributed by atoms with Crippen LogP contribution in [0, 0.1) is 0 Å². The van der Waals surface area contributed by atoms with Crippen LogP contribution in [0.15, 0.2) is 76.2 Å². The van der Waals surface area contributed by atoms with Crippen LogP contribution in [0.1, 0.15) is 34.3 Å². The average molecular weight is 424 g/mol. The Labute approximate surface area is 177 Å². The van der Waals surface area contributed by atoms with Crippen LogP contribution in [0.4, 0.5) is 11.4 Å². The molecule has 0 fully saturated rings. The Bertz CT molecular complexity index is 1050. The molecule has 0 saturated heterocycles. The van der Waals surface area contributed by atoms with E-state index in [1.807, 2.05) is 13.0 Å². The number of thioether (sulfide) groups is 1. The van der Waals surface area contributed by atoms with E-state index in [0.717, 1.165) is 4.90 Å².